The number of rotatable bonds is 14. The standard InChI is InChI=1S/C29H39F3N4O5S/c30-29(31,32)13-6-4-2-1-3-5-10-26-33-27(39)28(34-26)14-17-36(18-15-28)42(40,41)19-12-22-8-7-9-25-24(22)11-16-35(25)20-23(38)21-37/h7-9,11-12,16,19,23,37-38H,1-6,10,13-15,17-18,20-21H2,(H,33,34,39)/t23-/m0/s1. The SMILES string of the molecule is O=C1NC(CCCCCCCCC(F)(F)F)=NC12CCN(S(=O)(=O)C=Cc1cccc3c1ccn3C[C@H](O)CO)CC2. The number of carbonyl (C=O) groups excluding carboxylic acids is 1. The lowest BCUT2D eigenvalue weighted by molar-refractivity contribution is -0.135. The first kappa shape index (κ1) is 32.2. The van der Waals surface area contributed by atoms with E-state index in [0.717, 1.165) is 36.6 Å². The van der Waals surface area contributed by atoms with Gasteiger partial charge in [0.2, 0.25) is 10.0 Å². The average molecular weight is 613 g/mol. The molecule has 1 atom stereocenters. The molecule has 0 aliphatic carbocycles. The van der Waals surface area contributed by atoms with E-state index in [0.29, 0.717) is 24.2 Å². The Morgan fingerprint density at radius 1 is 1.07 bits per heavy atom. The molecule has 9 nitrogen and oxygen atoms in total. The monoisotopic (exact) mass is 612 g/mol. The van der Waals surface area contributed by atoms with Crippen LogP contribution in [-0.4, -0.2) is 76.8 Å². The molecular formula is C29H39F3N4O5S. The van der Waals surface area contributed by atoms with Gasteiger partial charge < -0.3 is 20.1 Å². The van der Waals surface area contributed by atoms with Gasteiger partial charge in [-0.25, -0.2) is 8.42 Å². The summed E-state index contributed by atoms with van der Waals surface area (Å²) in [5.74, 6) is 0.388. The van der Waals surface area contributed by atoms with Crippen molar-refractivity contribution in [1.29, 1.82) is 0 Å². The number of aliphatic hydroxyl groups is 2. The highest BCUT2D eigenvalue weighted by atomic mass is 32.2. The first-order chi connectivity index (χ1) is 19.9. The minimum absolute atomic E-state index is 0.152. The Bertz CT molecular complexity index is 1400. The minimum atomic E-state index is -4.09. The molecule has 1 spiro atoms. The molecule has 3 N–H and O–H groups in total. The number of hydrogen-bond acceptors (Lipinski definition) is 6. The number of aromatic nitrogens is 1. The number of amidine groups is 1. The van der Waals surface area contributed by atoms with Crippen molar-refractivity contribution in [3.63, 3.8) is 0 Å². The van der Waals surface area contributed by atoms with Crippen LogP contribution in [0.25, 0.3) is 17.0 Å². The van der Waals surface area contributed by atoms with Gasteiger partial charge in [-0.2, -0.15) is 17.5 Å². The minimum Gasteiger partial charge on any atom is -0.394 e. The van der Waals surface area contributed by atoms with Gasteiger partial charge in [-0.15, -0.1) is 0 Å². The Kier molecular flexibility index (Phi) is 10.5. The van der Waals surface area contributed by atoms with Crippen LogP contribution in [0.1, 0.15) is 69.8 Å². The maximum atomic E-state index is 13.1. The Hall–Kier alpha value is -2.74. The fourth-order valence-corrected chi connectivity index (χ4v) is 6.74. The lowest BCUT2D eigenvalue weighted by Gasteiger charge is -2.34. The van der Waals surface area contributed by atoms with E-state index >= 15 is 0 Å². The number of halogens is 3. The van der Waals surface area contributed by atoms with Crippen molar-refractivity contribution >= 4 is 38.7 Å². The Morgan fingerprint density at radius 3 is 2.45 bits per heavy atom. The van der Waals surface area contributed by atoms with Gasteiger partial charge in [-0.3, -0.25) is 9.79 Å². The van der Waals surface area contributed by atoms with Gasteiger partial charge in [0.25, 0.3) is 5.91 Å². The molecule has 2 aromatic rings. The first-order valence-corrected chi connectivity index (χ1v) is 15.9. The average Bonchev–Trinajstić information content (AvgIpc) is 3.49. The normalized spacial score (nSPS) is 18.7. The molecule has 1 fully saturated rings. The third kappa shape index (κ3) is 8.21. The molecule has 2 aliphatic rings. The van der Waals surface area contributed by atoms with Crippen molar-refractivity contribution < 1.29 is 36.6 Å². The van der Waals surface area contributed by atoms with Gasteiger partial charge in [-0.05, 0) is 49.5 Å². The van der Waals surface area contributed by atoms with E-state index in [2.05, 4.69) is 10.3 Å². The van der Waals surface area contributed by atoms with E-state index in [-0.39, 0.29) is 51.4 Å². The fourth-order valence-electron chi connectivity index (χ4n) is 5.56. The van der Waals surface area contributed by atoms with Gasteiger partial charge in [0, 0.05) is 48.4 Å². The summed E-state index contributed by atoms with van der Waals surface area (Å²) < 4.78 is 66.1. The highest BCUT2D eigenvalue weighted by Gasteiger charge is 2.46. The molecule has 232 valence electrons. The Labute approximate surface area is 244 Å². The van der Waals surface area contributed by atoms with Gasteiger partial charge in [-0.1, -0.05) is 37.8 Å². The summed E-state index contributed by atoms with van der Waals surface area (Å²) in [6.07, 6.45) is 2.62. The molecule has 4 rings (SSSR count). The number of aliphatic imine (C=N–C) groups is 1. The number of nitrogens with one attached hydrogen (secondary N) is 1. The van der Waals surface area contributed by atoms with Crippen LogP contribution in [0, 0.1) is 0 Å². The zero-order valence-electron chi connectivity index (χ0n) is 23.5. The molecule has 2 aliphatic heterocycles. The number of aliphatic hydroxyl groups excluding tert-OH is 2. The Balaban J connectivity index is 1.28. The number of fused-ring (bicyclic) bond motifs is 1. The molecule has 0 saturated carbocycles. The van der Waals surface area contributed by atoms with Crippen LogP contribution in [0.5, 0.6) is 0 Å². The smallest absolute Gasteiger partial charge is 0.389 e. The van der Waals surface area contributed by atoms with Crippen LogP contribution in [-0.2, 0) is 21.4 Å². The summed E-state index contributed by atoms with van der Waals surface area (Å²) in [5, 5.41) is 23.8. The summed E-state index contributed by atoms with van der Waals surface area (Å²) >= 11 is 0. The van der Waals surface area contributed by atoms with Crippen molar-refractivity contribution in [3.05, 3.63) is 41.4 Å². The highest BCUT2D eigenvalue weighted by Crippen LogP contribution is 2.32. The third-order valence-electron chi connectivity index (χ3n) is 7.95. The van der Waals surface area contributed by atoms with Crippen LogP contribution in [0.15, 0.2) is 40.9 Å². The number of benzene rings is 1. The van der Waals surface area contributed by atoms with E-state index in [9.17, 15) is 31.5 Å². The number of unbranched alkanes of at least 4 members (excludes halogenated alkanes) is 5. The van der Waals surface area contributed by atoms with Crippen LogP contribution >= 0.6 is 0 Å². The number of sulfonamides is 1. The molecule has 0 radical (unpaired) electrons. The fraction of sp³-hybridized carbons (Fsp3) is 0.586. The number of alkyl halides is 3. The molecule has 13 heteroatoms. The molecule has 0 bridgehead atoms. The lowest BCUT2D eigenvalue weighted by Crippen LogP contribution is -2.50. The van der Waals surface area contributed by atoms with Crippen molar-refractivity contribution in [2.75, 3.05) is 19.7 Å². The van der Waals surface area contributed by atoms with Crippen LogP contribution in [0.2, 0.25) is 0 Å². The second-order valence-corrected chi connectivity index (χ2v) is 12.9. The molecule has 3 heterocycles. The number of nitrogens with zero attached hydrogens (tertiary/aromatic N) is 3. The maximum absolute atomic E-state index is 13.1. The van der Waals surface area contributed by atoms with Crippen LogP contribution in [0.3, 0.4) is 0 Å². The molecule has 0 unspecified atom stereocenters. The van der Waals surface area contributed by atoms with Crippen LogP contribution < -0.4 is 5.32 Å². The quantitative estimate of drug-likeness (QED) is 0.274. The zero-order chi connectivity index (χ0) is 30.4. The van der Waals surface area contributed by atoms with Gasteiger partial charge >= 0.3 is 6.18 Å². The molecule has 1 aromatic heterocycles. The van der Waals surface area contributed by atoms with E-state index in [4.69, 9.17) is 5.11 Å². The predicted molar refractivity (Wildman–Crippen MR) is 155 cm³/mol. The Morgan fingerprint density at radius 2 is 1.76 bits per heavy atom. The number of carbonyl (C=O) groups is 1. The highest BCUT2D eigenvalue weighted by molar-refractivity contribution is 7.92. The number of amides is 1. The number of piperidine rings is 1. The van der Waals surface area contributed by atoms with Crippen molar-refractivity contribution in [2.24, 2.45) is 4.99 Å². The molecule has 42 heavy (non-hydrogen) atoms. The predicted octanol–water partition coefficient (Wildman–Crippen LogP) is 4.34. The van der Waals surface area contributed by atoms with Gasteiger partial charge in [0.15, 0.2) is 0 Å². The molecule has 1 amide bonds. The topological polar surface area (TPSA) is 124 Å². The van der Waals surface area contributed by atoms with Gasteiger partial charge in [0.05, 0.1) is 19.3 Å². The summed E-state index contributed by atoms with van der Waals surface area (Å²) in [6.45, 7) is 0.179. The largest absolute Gasteiger partial charge is 0.394 e. The van der Waals surface area contributed by atoms with E-state index in [1.54, 1.807) is 29.0 Å². The van der Waals surface area contributed by atoms with Gasteiger partial charge in [0.1, 0.15) is 11.4 Å². The molecular weight excluding hydrogens is 573 g/mol. The summed E-state index contributed by atoms with van der Waals surface area (Å²) in [4.78, 5) is 17.5. The lowest BCUT2D eigenvalue weighted by atomic mass is 9.89. The van der Waals surface area contributed by atoms with Crippen LogP contribution in [0.4, 0.5) is 13.2 Å². The van der Waals surface area contributed by atoms with E-state index in [1.165, 1.54) is 9.71 Å². The van der Waals surface area contributed by atoms with Crippen molar-refractivity contribution in [1.82, 2.24) is 14.2 Å². The van der Waals surface area contributed by atoms with Crippen molar-refractivity contribution in [3.8, 4) is 0 Å². The van der Waals surface area contributed by atoms with E-state index in [1.807, 2.05) is 12.1 Å². The maximum Gasteiger partial charge on any atom is 0.389 e. The second kappa shape index (κ2) is 13.7. The first-order valence-electron chi connectivity index (χ1n) is 14.4. The summed E-state index contributed by atoms with van der Waals surface area (Å²) in [5.41, 5.74) is 0.548. The third-order valence-corrected chi connectivity index (χ3v) is 9.51. The van der Waals surface area contributed by atoms with E-state index < -0.39 is 34.3 Å². The summed E-state index contributed by atoms with van der Waals surface area (Å²) in [6, 6.07) is 7.30. The number of hydrogen-bond donors (Lipinski definition) is 3. The molecule has 1 saturated heterocycles. The zero-order valence-corrected chi connectivity index (χ0v) is 24.3. The summed E-state index contributed by atoms with van der Waals surface area (Å²) in [7, 11) is -3.75. The van der Waals surface area contributed by atoms with Crippen molar-refractivity contribution in [2.45, 2.75) is 88.6 Å². The molecule has 1 aromatic carbocycles. The second-order valence-electron chi connectivity index (χ2n) is 11.1.